The van der Waals surface area contributed by atoms with Crippen molar-refractivity contribution in [3.63, 3.8) is 0 Å². The predicted molar refractivity (Wildman–Crippen MR) is 146 cm³/mol. The van der Waals surface area contributed by atoms with Crippen molar-refractivity contribution in [3.05, 3.63) is 59.0 Å². The third-order valence-corrected chi connectivity index (χ3v) is 6.43. The van der Waals surface area contributed by atoms with Gasteiger partial charge in [0.25, 0.3) is 5.91 Å². The quantitative estimate of drug-likeness (QED) is 0.426. The first kappa shape index (κ1) is 28.9. The third-order valence-electron chi connectivity index (χ3n) is 6.43. The van der Waals surface area contributed by atoms with Crippen LogP contribution in [0.25, 0.3) is 11.5 Å². The molecule has 0 spiro atoms. The summed E-state index contributed by atoms with van der Waals surface area (Å²) in [5.74, 6) is 1.34. The zero-order valence-corrected chi connectivity index (χ0v) is 23.7. The number of carbonyl (C=O) groups excluding carboxylic acids is 2. The maximum atomic E-state index is 13.2. The Kier molecular flexibility index (Phi) is 8.63. The highest BCUT2D eigenvalue weighted by Gasteiger charge is 2.37. The second-order valence-electron chi connectivity index (χ2n) is 10.6. The molecule has 2 amide bonds. The summed E-state index contributed by atoms with van der Waals surface area (Å²) in [6, 6.07) is 10.0. The summed E-state index contributed by atoms with van der Waals surface area (Å²) in [6.45, 7) is 9.36. The van der Waals surface area contributed by atoms with Crippen LogP contribution >= 0.6 is 0 Å². The normalized spacial score (nSPS) is 15.7. The molecule has 1 unspecified atom stereocenters. The van der Waals surface area contributed by atoms with E-state index < -0.39 is 29.7 Å². The summed E-state index contributed by atoms with van der Waals surface area (Å²) in [6.07, 6.45) is -1.22. The van der Waals surface area contributed by atoms with E-state index in [0.29, 0.717) is 47.4 Å². The van der Waals surface area contributed by atoms with Gasteiger partial charge in [-0.05, 0) is 75.6 Å². The van der Waals surface area contributed by atoms with Crippen LogP contribution in [-0.4, -0.2) is 70.2 Å². The van der Waals surface area contributed by atoms with Crippen molar-refractivity contribution in [3.8, 4) is 23.0 Å². The van der Waals surface area contributed by atoms with Crippen molar-refractivity contribution in [2.75, 3.05) is 20.3 Å². The van der Waals surface area contributed by atoms with Gasteiger partial charge in [0.15, 0.2) is 0 Å². The van der Waals surface area contributed by atoms with E-state index in [4.69, 9.17) is 18.6 Å². The molecule has 1 aromatic heterocycles. The molecule has 0 saturated heterocycles. The fourth-order valence-electron chi connectivity index (χ4n) is 4.54. The minimum Gasteiger partial charge on any atom is -0.497 e. The van der Waals surface area contributed by atoms with Crippen molar-refractivity contribution in [2.24, 2.45) is 0 Å². The first-order valence-electron chi connectivity index (χ1n) is 13.2. The van der Waals surface area contributed by atoms with Crippen LogP contribution in [0.15, 0.2) is 40.8 Å². The van der Waals surface area contributed by atoms with E-state index in [1.807, 2.05) is 25.1 Å². The minimum atomic E-state index is -1.07. The summed E-state index contributed by atoms with van der Waals surface area (Å²) >= 11 is 0. The summed E-state index contributed by atoms with van der Waals surface area (Å²) in [5.41, 5.74) is 2.10. The number of nitrogens with one attached hydrogen (secondary N) is 1. The monoisotopic (exact) mass is 552 g/mol. The Balaban J connectivity index is 1.52. The van der Waals surface area contributed by atoms with Gasteiger partial charge >= 0.3 is 6.09 Å². The molecule has 2 heterocycles. The van der Waals surface area contributed by atoms with Gasteiger partial charge in [-0.15, -0.1) is 10.2 Å². The van der Waals surface area contributed by atoms with Crippen molar-refractivity contribution in [1.82, 2.24) is 20.4 Å². The molecular weight excluding hydrogens is 516 g/mol. The number of amides is 2. The average Bonchev–Trinajstić information content (AvgIpc) is 3.35. The zero-order valence-electron chi connectivity index (χ0n) is 23.7. The number of ether oxygens (including phenoxy) is 3. The molecule has 1 aliphatic rings. The number of aliphatic hydroxyl groups excluding tert-OH is 1. The fraction of sp³-hybridized carbons (Fsp3) is 0.448. The summed E-state index contributed by atoms with van der Waals surface area (Å²) in [7, 11) is 1.59. The number of methoxy groups -OCH3 is 1. The average molecular weight is 553 g/mol. The molecule has 2 N–H and O–H groups in total. The first-order valence-corrected chi connectivity index (χ1v) is 13.2. The molecular formula is C29H36N4O7. The number of aromatic nitrogens is 2. The molecule has 11 heteroatoms. The molecule has 2 atom stereocenters. The van der Waals surface area contributed by atoms with E-state index in [9.17, 15) is 14.7 Å². The Morgan fingerprint density at radius 3 is 2.60 bits per heavy atom. The smallest absolute Gasteiger partial charge is 0.410 e. The molecule has 0 radical (unpaired) electrons. The number of benzene rings is 2. The Hall–Kier alpha value is -4.12. The molecule has 0 saturated carbocycles. The van der Waals surface area contributed by atoms with Crippen LogP contribution in [0, 0.1) is 6.92 Å². The summed E-state index contributed by atoms with van der Waals surface area (Å²) in [4.78, 5) is 27.8. The van der Waals surface area contributed by atoms with Gasteiger partial charge in [0.2, 0.25) is 11.8 Å². The lowest BCUT2D eigenvalue weighted by Gasteiger charge is -2.40. The Morgan fingerprint density at radius 2 is 1.95 bits per heavy atom. The predicted octanol–water partition coefficient (Wildman–Crippen LogP) is 3.91. The van der Waals surface area contributed by atoms with Crippen molar-refractivity contribution in [1.29, 1.82) is 0 Å². The maximum absolute atomic E-state index is 13.2. The second-order valence-corrected chi connectivity index (χ2v) is 10.6. The number of hydrogen-bond donors (Lipinski definition) is 2. The number of aryl methyl sites for hydroxylation is 1. The Labute approximate surface area is 233 Å². The first-order chi connectivity index (χ1) is 19.0. The van der Waals surface area contributed by atoms with Gasteiger partial charge in [-0.1, -0.05) is 6.07 Å². The van der Waals surface area contributed by atoms with Gasteiger partial charge in [0.05, 0.1) is 31.4 Å². The highest BCUT2D eigenvalue weighted by molar-refractivity contribution is 5.97. The second kappa shape index (κ2) is 12.0. The molecule has 4 rings (SSSR count). The van der Waals surface area contributed by atoms with Crippen LogP contribution in [0.3, 0.4) is 0 Å². The van der Waals surface area contributed by atoms with Crippen LogP contribution in [0.4, 0.5) is 4.79 Å². The minimum absolute atomic E-state index is 0.0928. The number of rotatable bonds is 8. The molecule has 11 nitrogen and oxygen atoms in total. The highest BCUT2D eigenvalue weighted by atomic mass is 16.6. The van der Waals surface area contributed by atoms with Crippen LogP contribution < -0.4 is 14.8 Å². The Bertz CT molecular complexity index is 1360. The lowest BCUT2D eigenvalue weighted by molar-refractivity contribution is -0.0113. The molecule has 0 bridgehead atoms. The molecule has 3 aromatic rings. The molecule has 2 aromatic carbocycles. The lowest BCUT2D eigenvalue weighted by atomic mass is 9.91. The molecule has 0 fully saturated rings. The van der Waals surface area contributed by atoms with E-state index in [1.54, 1.807) is 53.0 Å². The van der Waals surface area contributed by atoms with E-state index in [1.165, 1.54) is 4.90 Å². The molecule has 1 aliphatic heterocycles. The van der Waals surface area contributed by atoms with Gasteiger partial charge in [-0.3, -0.25) is 9.69 Å². The van der Waals surface area contributed by atoms with E-state index in [-0.39, 0.29) is 13.1 Å². The largest absolute Gasteiger partial charge is 0.497 e. The van der Waals surface area contributed by atoms with E-state index in [0.717, 1.165) is 11.1 Å². The van der Waals surface area contributed by atoms with Crippen molar-refractivity contribution in [2.45, 2.75) is 65.3 Å². The highest BCUT2D eigenvalue weighted by Crippen LogP contribution is 2.30. The van der Waals surface area contributed by atoms with E-state index >= 15 is 0 Å². The topological polar surface area (TPSA) is 136 Å². The van der Waals surface area contributed by atoms with Gasteiger partial charge in [0.1, 0.15) is 17.1 Å². The molecule has 0 aliphatic carbocycles. The summed E-state index contributed by atoms with van der Waals surface area (Å²) in [5, 5.41) is 21.9. The van der Waals surface area contributed by atoms with Crippen LogP contribution in [0.2, 0.25) is 0 Å². The van der Waals surface area contributed by atoms with E-state index in [2.05, 4.69) is 15.5 Å². The third kappa shape index (κ3) is 6.71. The SMILES string of the molecule is CCOc1cc(-c2nnc(C)o2)ccc1C(=O)NC[C@@H](O)C1Cc2ccc(OC)cc2CN1C(=O)OC(C)(C)C. The van der Waals surface area contributed by atoms with Gasteiger partial charge < -0.3 is 29.1 Å². The number of hydrogen-bond acceptors (Lipinski definition) is 9. The number of aliphatic hydroxyl groups is 1. The number of fused-ring (bicyclic) bond motifs is 1. The zero-order chi connectivity index (χ0) is 29.0. The molecule has 214 valence electrons. The van der Waals surface area contributed by atoms with Gasteiger partial charge in [0, 0.05) is 25.6 Å². The van der Waals surface area contributed by atoms with Gasteiger partial charge in [-0.25, -0.2) is 4.79 Å². The maximum Gasteiger partial charge on any atom is 0.410 e. The summed E-state index contributed by atoms with van der Waals surface area (Å²) < 4.78 is 22.2. The number of carbonyl (C=O) groups is 2. The van der Waals surface area contributed by atoms with Crippen molar-refractivity contribution >= 4 is 12.0 Å². The van der Waals surface area contributed by atoms with Crippen LogP contribution in [0.1, 0.15) is 55.1 Å². The molecule has 40 heavy (non-hydrogen) atoms. The van der Waals surface area contributed by atoms with Gasteiger partial charge in [-0.2, -0.15) is 0 Å². The van der Waals surface area contributed by atoms with Crippen LogP contribution in [-0.2, 0) is 17.7 Å². The fourth-order valence-corrected chi connectivity index (χ4v) is 4.54. The lowest BCUT2D eigenvalue weighted by Crippen LogP contribution is -2.54. The van der Waals surface area contributed by atoms with Crippen LogP contribution in [0.5, 0.6) is 11.5 Å². The Morgan fingerprint density at radius 1 is 1.18 bits per heavy atom. The number of nitrogens with zero attached hydrogens (tertiary/aromatic N) is 3. The standard InChI is InChI=1S/C29H36N4O7/c1-7-38-25-14-19(27-32-31-17(2)39-27)9-11-22(25)26(35)30-15-24(34)23-13-18-8-10-21(37-6)12-20(18)16-33(23)28(36)40-29(3,4)5/h8-12,14,23-24,34H,7,13,15-16H2,1-6H3,(H,30,35)/t23?,24-/m1/s1. The van der Waals surface area contributed by atoms with Crippen molar-refractivity contribution < 1.29 is 33.3 Å².